The Kier molecular flexibility index (Phi) is 4.79. The lowest BCUT2D eigenvalue weighted by atomic mass is 10.1. The van der Waals surface area contributed by atoms with E-state index in [2.05, 4.69) is 0 Å². The largest absolute Gasteiger partial charge is 0.416 e. The van der Waals surface area contributed by atoms with E-state index in [1.54, 1.807) is 0 Å². The van der Waals surface area contributed by atoms with Crippen LogP contribution in [-0.2, 0) is 22.3 Å². The van der Waals surface area contributed by atoms with E-state index in [4.69, 9.17) is 0 Å². The third kappa shape index (κ3) is 3.79. The van der Waals surface area contributed by atoms with Gasteiger partial charge in [-0.15, -0.1) is 0 Å². The van der Waals surface area contributed by atoms with E-state index in [9.17, 15) is 27.2 Å². The first kappa shape index (κ1) is 16.8. The molecule has 0 aliphatic carbocycles. The summed E-state index contributed by atoms with van der Waals surface area (Å²) in [5.74, 6) is -1.37. The molecule has 1 aliphatic heterocycles. The Labute approximate surface area is 128 Å². The molecule has 0 aromatic heterocycles. The summed E-state index contributed by atoms with van der Waals surface area (Å²) in [5.41, 5.74) is -1.63. The average molecular weight is 335 g/mol. The van der Waals surface area contributed by atoms with E-state index < -0.39 is 29.7 Å². The molecule has 3 nitrogen and oxygen atoms in total. The zero-order valence-corrected chi connectivity index (χ0v) is 12.4. The molecule has 0 saturated carbocycles. The van der Waals surface area contributed by atoms with Gasteiger partial charge in [-0.1, -0.05) is 17.8 Å². The monoisotopic (exact) mass is 335 g/mol. The lowest BCUT2D eigenvalue weighted by Gasteiger charge is -2.20. The number of thioether (sulfide) groups is 1. The summed E-state index contributed by atoms with van der Waals surface area (Å²) in [4.78, 5) is 24.0. The second kappa shape index (κ2) is 6.28. The summed E-state index contributed by atoms with van der Waals surface area (Å²) in [6, 6.07) is 2.72. The van der Waals surface area contributed by atoms with Crippen LogP contribution in [0.3, 0.4) is 0 Å². The molecule has 2 rings (SSSR count). The van der Waals surface area contributed by atoms with Crippen molar-refractivity contribution >= 4 is 22.8 Å². The quantitative estimate of drug-likeness (QED) is 0.796. The molecule has 1 fully saturated rings. The van der Waals surface area contributed by atoms with Crippen molar-refractivity contribution in [3.8, 4) is 0 Å². The first-order valence-electron chi connectivity index (χ1n) is 6.48. The zero-order chi connectivity index (χ0) is 16.5. The molecule has 22 heavy (non-hydrogen) atoms. The van der Waals surface area contributed by atoms with E-state index in [-0.39, 0.29) is 29.2 Å². The summed E-state index contributed by atoms with van der Waals surface area (Å²) >= 11 is 0.977. The summed E-state index contributed by atoms with van der Waals surface area (Å²) in [5, 5.41) is -0.465. The Hall–Kier alpha value is -1.57. The minimum Gasteiger partial charge on any atom is -0.337 e. The van der Waals surface area contributed by atoms with Gasteiger partial charge in [0.25, 0.3) is 0 Å². The highest BCUT2D eigenvalue weighted by atomic mass is 32.2. The molecule has 1 aromatic rings. The Bertz CT molecular complexity index is 603. The topological polar surface area (TPSA) is 37.4 Å². The second-order valence-corrected chi connectivity index (χ2v) is 6.45. The molecule has 0 bridgehead atoms. The Morgan fingerprint density at radius 2 is 2.09 bits per heavy atom. The normalized spacial score (nSPS) is 18.9. The molecule has 1 unspecified atom stereocenters. The van der Waals surface area contributed by atoms with Gasteiger partial charge in [-0.3, -0.25) is 9.59 Å². The number of likely N-dealkylation sites (tertiary alicyclic amines) is 1. The van der Waals surface area contributed by atoms with Crippen molar-refractivity contribution in [3.63, 3.8) is 0 Å². The number of rotatable bonds is 3. The smallest absolute Gasteiger partial charge is 0.337 e. The third-order valence-electron chi connectivity index (χ3n) is 3.28. The fourth-order valence-corrected chi connectivity index (χ4v) is 3.33. The number of carbonyl (C=O) groups excluding carboxylic acids is 2. The molecular formula is C14H13F4NO2S. The van der Waals surface area contributed by atoms with E-state index in [0.717, 1.165) is 34.9 Å². The molecule has 0 spiro atoms. The van der Waals surface area contributed by atoms with Crippen molar-refractivity contribution in [1.82, 2.24) is 4.90 Å². The van der Waals surface area contributed by atoms with Crippen LogP contribution in [0.25, 0.3) is 0 Å². The minimum atomic E-state index is -4.69. The number of hydrogen-bond acceptors (Lipinski definition) is 3. The molecular weight excluding hydrogens is 322 g/mol. The molecule has 0 radical (unpaired) electrons. The van der Waals surface area contributed by atoms with Crippen molar-refractivity contribution in [2.75, 3.05) is 6.54 Å². The van der Waals surface area contributed by atoms with Crippen LogP contribution in [0.2, 0.25) is 0 Å². The van der Waals surface area contributed by atoms with Gasteiger partial charge in [0.2, 0.25) is 5.91 Å². The molecule has 120 valence electrons. The van der Waals surface area contributed by atoms with Crippen LogP contribution in [0.4, 0.5) is 17.6 Å². The summed E-state index contributed by atoms with van der Waals surface area (Å²) < 4.78 is 52.6. The zero-order valence-electron chi connectivity index (χ0n) is 11.6. The van der Waals surface area contributed by atoms with Crippen LogP contribution in [0, 0.1) is 5.82 Å². The van der Waals surface area contributed by atoms with Gasteiger partial charge in [0.05, 0.1) is 5.56 Å². The van der Waals surface area contributed by atoms with Crippen LogP contribution < -0.4 is 0 Å². The SMILES string of the molecule is CC(=O)SC1CC(=O)N(Cc2c(F)cccc2C(F)(F)F)C1. The van der Waals surface area contributed by atoms with E-state index in [1.165, 1.54) is 6.92 Å². The molecule has 1 amide bonds. The standard InChI is InChI=1S/C14H13F4NO2S/c1-8(20)22-9-5-13(21)19(6-9)7-10-11(14(16,17)18)3-2-4-12(10)15/h2-4,9H,5-7H2,1H3. The van der Waals surface area contributed by atoms with Crippen molar-refractivity contribution in [3.05, 3.63) is 35.1 Å². The number of nitrogens with zero attached hydrogens (tertiary/aromatic N) is 1. The molecule has 1 saturated heterocycles. The number of halogens is 4. The van der Waals surface area contributed by atoms with Gasteiger partial charge in [-0.25, -0.2) is 4.39 Å². The minimum absolute atomic E-state index is 0.0695. The molecule has 8 heteroatoms. The lowest BCUT2D eigenvalue weighted by molar-refractivity contribution is -0.139. The fraction of sp³-hybridized carbons (Fsp3) is 0.429. The van der Waals surface area contributed by atoms with Crippen molar-refractivity contribution in [2.24, 2.45) is 0 Å². The maximum atomic E-state index is 13.8. The van der Waals surface area contributed by atoms with Gasteiger partial charge < -0.3 is 4.90 Å². The number of carbonyl (C=O) groups is 2. The molecule has 1 heterocycles. The molecule has 1 aromatic carbocycles. The van der Waals surface area contributed by atoms with Crippen molar-refractivity contribution in [1.29, 1.82) is 0 Å². The summed E-state index contributed by atoms with van der Waals surface area (Å²) in [6.07, 6.45) is -4.62. The molecule has 0 N–H and O–H groups in total. The highest BCUT2D eigenvalue weighted by Crippen LogP contribution is 2.34. The predicted molar refractivity (Wildman–Crippen MR) is 73.5 cm³/mol. The number of benzene rings is 1. The van der Waals surface area contributed by atoms with Gasteiger partial charge in [-0.05, 0) is 12.1 Å². The Morgan fingerprint density at radius 3 is 2.68 bits per heavy atom. The first-order valence-corrected chi connectivity index (χ1v) is 7.36. The Morgan fingerprint density at radius 1 is 1.41 bits per heavy atom. The number of amides is 1. The van der Waals surface area contributed by atoms with Gasteiger partial charge >= 0.3 is 6.18 Å². The van der Waals surface area contributed by atoms with Gasteiger partial charge in [0.1, 0.15) is 5.82 Å². The van der Waals surface area contributed by atoms with Crippen molar-refractivity contribution < 1.29 is 27.2 Å². The van der Waals surface area contributed by atoms with Crippen LogP contribution in [0.1, 0.15) is 24.5 Å². The van der Waals surface area contributed by atoms with Crippen LogP contribution in [0.5, 0.6) is 0 Å². The highest BCUT2D eigenvalue weighted by Gasteiger charge is 2.37. The van der Waals surface area contributed by atoms with Crippen LogP contribution in [0.15, 0.2) is 18.2 Å². The lowest BCUT2D eigenvalue weighted by Crippen LogP contribution is -2.27. The third-order valence-corrected chi connectivity index (χ3v) is 4.27. The van der Waals surface area contributed by atoms with Crippen molar-refractivity contribution in [2.45, 2.75) is 31.3 Å². The average Bonchev–Trinajstić information content (AvgIpc) is 2.69. The summed E-state index contributed by atoms with van der Waals surface area (Å²) in [7, 11) is 0. The predicted octanol–water partition coefficient (Wildman–Crippen LogP) is 3.23. The van der Waals surface area contributed by atoms with E-state index in [1.807, 2.05) is 0 Å². The first-order chi connectivity index (χ1) is 10.2. The van der Waals surface area contributed by atoms with Crippen LogP contribution >= 0.6 is 11.8 Å². The van der Waals surface area contributed by atoms with Gasteiger partial charge in [-0.2, -0.15) is 13.2 Å². The summed E-state index contributed by atoms with van der Waals surface area (Å²) in [6.45, 7) is 1.04. The number of alkyl halides is 3. The number of hydrogen-bond donors (Lipinski definition) is 0. The Balaban J connectivity index is 2.21. The molecule has 1 aliphatic rings. The molecule has 1 atom stereocenters. The maximum Gasteiger partial charge on any atom is 0.416 e. The second-order valence-electron chi connectivity index (χ2n) is 4.97. The van der Waals surface area contributed by atoms with Gasteiger partial charge in [0.15, 0.2) is 5.12 Å². The highest BCUT2D eigenvalue weighted by molar-refractivity contribution is 8.14. The fourth-order valence-electron chi connectivity index (χ4n) is 2.38. The van der Waals surface area contributed by atoms with Crippen LogP contribution in [-0.4, -0.2) is 27.7 Å². The van der Waals surface area contributed by atoms with Gasteiger partial charge in [0, 0.05) is 37.2 Å². The maximum absolute atomic E-state index is 13.8. The van der Waals surface area contributed by atoms with E-state index in [0.29, 0.717) is 0 Å². The van der Waals surface area contributed by atoms with E-state index >= 15 is 0 Å².